The van der Waals surface area contributed by atoms with Crippen molar-refractivity contribution >= 4 is 23.7 Å². The quantitative estimate of drug-likeness (QED) is 0.427. The Hall–Kier alpha value is -4.13. The first-order valence-electron chi connectivity index (χ1n) is 11.6. The first-order valence-corrected chi connectivity index (χ1v) is 11.6. The van der Waals surface area contributed by atoms with Gasteiger partial charge in [-0.25, -0.2) is 4.79 Å². The van der Waals surface area contributed by atoms with E-state index in [0.717, 1.165) is 33.4 Å². The number of carbonyl (C=O) groups excluding carboxylic acids is 2. The zero-order valence-corrected chi connectivity index (χ0v) is 19.7. The van der Waals surface area contributed by atoms with E-state index in [4.69, 9.17) is 9.84 Å². The van der Waals surface area contributed by atoms with Gasteiger partial charge in [-0.15, -0.1) is 0 Å². The summed E-state index contributed by atoms with van der Waals surface area (Å²) in [6.07, 6.45) is -1.09. The number of para-hydroxylation sites is 1. The Kier molecular flexibility index (Phi) is 7.15. The third kappa shape index (κ3) is 5.35. The highest BCUT2D eigenvalue weighted by Crippen LogP contribution is 2.44. The Morgan fingerprint density at radius 3 is 2.03 bits per heavy atom. The molecule has 0 aromatic heterocycles. The minimum atomic E-state index is -1.05. The Bertz CT molecular complexity index is 1200. The number of amides is 2. The van der Waals surface area contributed by atoms with Crippen LogP contribution in [-0.2, 0) is 14.3 Å². The van der Waals surface area contributed by atoms with E-state index >= 15 is 0 Å². The summed E-state index contributed by atoms with van der Waals surface area (Å²) < 4.78 is 5.55. The van der Waals surface area contributed by atoms with Gasteiger partial charge in [-0.3, -0.25) is 9.59 Å². The molecule has 1 aliphatic carbocycles. The number of alkyl carbamates (subject to hydrolysis) is 1. The topological polar surface area (TPSA) is 105 Å². The number of carboxylic acid groups (broad SMARTS) is 1. The number of hydrogen-bond donors (Lipinski definition) is 3. The van der Waals surface area contributed by atoms with Crippen LogP contribution in [0.3, 0.4) is 0 Å². The number of benzene rings is 3. The number of carbonyl (C=O) groups is 3. The predicted molar refractivity (Wildman–Crippen MR) is 133 cm³/mol. The lowest BCUT2D eigenvalue weighted by atomic mass is 9.98. The first-order chi connectivity index (χ1) is 16.8. The van der Waals surface area contributed by atoms with E-state index in [2.05, 4.69) is 10.6 Å². The van der Waals surface area contributed by atoms with Crippen molar-refractivity contribution in [2.75, 3.05) is 11.9 Å². The summed E-state index contributed by atoms with van der Waals surface area (Å²) >= 11 is 0. The molecule has 1 aliphatic rings. The van der Waals surface area contributed by atoms with Gasteiger partial charge in [0.15, 0.2) is 0 Å². The van der Waals surface area contributed by atoms with Crippen molar-refractivity contribution in [2.45, 2.75) is 38.6 Å². The van der Waals surface area contributed by atoms with Crippen LogP contribution >= 0.6 is 0 Å². The van der Waals surface area contributed by atoms with E-state index in [1.807, 2.05) is 80.6 Å². The standard InChI is InChI=1S/C28H28N2O5/c1-17-8-7-9-18(2)26(17)30-27(33)24(14-15-25(31)32)29-28(34)35-16-23-21-12-5-3-10-19(21)20-11-4-6-13-22(20)23/h3-13,23-24H,14-16H2,1-2H3,(H,29,34)(H,30,33)(H,31,32). The molecule has 0 fully saturated rings. The van der Waals surface area contributed by atoms with Crippen LogP contribution in [-0.4, -0.2) is 35.7 Å². The second-order valence-electron chi connectivity index (χ2n) is 8.71. The van der Waals surface area contributed by atoms with E-state index < -0.39 is 24.0 Å². The highest BCUT2D eigenvalue weighted by atomic mass is 16.5. The lowest BCUT2D eigenvalue weighted by Crippen LogP contribution is -2.44. The van der Waals surface area contributed by atoms with Gasteiger partial charge in [-0.2, -0.15) is 0 Å². The molecule has 0 aliphatic heterocycles. The van der Waals surface area contributed by atoms with E-state index in [1.54, 1.807) is 0 Å². The number of ether oxygens (including phenoxy) is 1. The van der Waals surface area contributed by atoms with Gasteiger partial charge in [0.25, 0.3) is 0 Å². The number of aliphatic carboxylic acids is 1. The molecular weight excluding hydrogens is 444 g/mol. The van der Waals surface area contributed by atoms with Gasteiger partial charge in [0.1, 0.15) is 12.6 Å². The molecule has 3 N–H and O–H groups in total. The number of rotatable bonds is 8. The van der Waals surface area contributed by atoms with Crippen LogP contribution < -0.4 is 10.6 Å². The van der Waals surface area contributed by atoms with Crippen LogP contribution in [0.5, 0.6) is 0 Å². The monoisotopic (exact) mass is 472 g/mol. The second kappa shape index (κ2) is 10.4. The van der Waals surface area contributed by atoms with E-state index in [9.17, 15) is 14.4 Å². The molecule has 3 aromatic rings. The Labute approximate surface area is 204 Å². The van der Waals surface area contributed by atoms with Crippen LogP contribution in [0.4, 0.5) is 10.5 Å². The molecule has 2 amide bonds. The van der Waals surface area contributed by atoms with E-state index in [-0.39, 0.29) is 25.4 Å². The number of aryl methyl sites for hydroxylation is 2. The summed E-state index contributed by atoms with van der Waals surface area (Å²) in [5.41, 5.74) is 6.78. The second-order valence-corrected chi connectivity index (χ2v) is 8.71. The zero-order chi connectivity index (χ0) is 24.9. The minimum Gasteiger partial charge on any atom is -0.481 e. The lowest BCUT2D eigenvalue weighted by molar-refractivity contribution is -0.137. The fourth-order valence-corrected chi connectivity index (χ4v) is 4.54. The third-order valence-corrected chi connectivity index (χ3v) is 6.33. The maximum Gasteiger partial charge on any atom is 0.407 e. The van der Waals surface area contributed by atoms with Crippen molar-refractivity contribution in [3.8, 4) is 11.1 Å². The van der Waals surface area contributed by atoms with E-state index in [1.165, 1.54) is 0 Å². The summed E-state index contributed by atoms with van der Waals surface area (Å²) in [5.74, 6) is -1.66. The summed E-state index contributed by atoms with van der Waals surface area (Å²) in [7, 11) is 0. The number of nitrogens with one attached hydrogen (secondary N) is 2. The fraction of sp³-hybridized carbons (Fsp3) is 0.250. The molecule has 0 saturated heterocycles. The molecule has 0 spiro atoms. The van der Waals surface area contributed by atoms with Gasteiger partial charge in [0, 0.05) is 18.0 Å². The number of hydrogen-bond acceptors (Lipinski definition) is 4. The van der Waals surface area contributed by atoms with E-state index in [0.29, 0.717) is 5.69 Å². The SMILES string of the molecule is Cc1cccc(C)c1NC(=O)C(CCC(=O)O)NC(=O)OCC1c2ccccc2-c2ccccc21. The molecule has 0 radical (unpaired) electrons. The van der Waals surface area contributed by atoms with Crippen LogP contribution in [0.2, 0.25) is 0 Å². The normalized spacial score (nSPS) is 12.9. The smallest absolute Gasteiger partial charge is 0.407 e. The zero-order valence-electron chi connectivity index (χ0n) is 19.7. The highest BCUT2D eigenvalue weighted by Gasteiger charge is 2.30. The molecule has 4 rings (SSSR count). The summed E-state index contributed by atoms with van der Waals surface area (Å²) in [6.45, 7) is 3.84. The molecule has 1 atom stereocenters. The Balaban J connectivity index is 1.45. The summed E-state index contributed by atoms with van der Waals surface area (Å²) in [6, 6.07) is 20.6. The molecule has 0 saturated carbocycles. The van der Waals surface area contributed by atoms with Gasteiger partial charge in [-0.05, 0) is 53.6 Å². The van der Waals surface area contributed by atoms with Gasteiger partial charge < -0.3 is 20.5 Å². The van der Waals surface area contributed by atoms with Crippen LogP contribution in [0.15, 0.2) is 66.7 Å². The summed E-state index contributed by atoms with van der Waals surface area (Å²) in [4.78, 5) is 36.8. The third-order valence-electron chi connectivity index (χ3n) is 6.33. The van der Waals surface area contributed by atoms with Crippen LogP contribution in [0.25, 0.3) is 11.1 Å². The van der Waals surface area contributed by atoms with Crippen molar-refractivity contribution in [1.82, 2.24) is 5.32 Å². The summed E-state index contributed by atoms with van der Waals surface area (Å²) in [5, 5.41) is 14.5. The number of anilines is 1. The molecule has 0 heterocycles. The molecular formula is C28H28N2O5. The molecule has 35 heavy (non-hydrogen) atoms. The van der Waals surface area contributed by atoms with Crippen LogP contribution in [0, 0.1) is 13.8 Å². The molecule has 7 heteroatoms. The van der Waals surface area contributed by atoms with Gasteiger partial charge >= 0.3 is 12.1 Å². The predicted octanol–water partition coefficient (Wildman–Crippen LogP) is 5.01. The van der Waals surface area contributed by atoms with Gasteiger partial charge in [-0.1, -0.05) is 66.7 Å². The average molecular weight is 473 g/mol. The molecule has 1 unspecified atom stereocenters. The highest BCUT2D eigenvalue weighted by molar-refractivity contribution is 5.98. The number of carboxylic acids is 1. The van der Waals surface area contributed by atoms with Crippen molar-refractivity contribution in [3.63, 3.8) is 0 Å². The van der Waals surface area contributed by atoms with Crippen molar-refractivity contribution in [3.05, 3.63) is 89.0 Å². The van der Waals surface area contributed by atoms with Crippen molar-refractivity contribution < 1.29 is 24.2 Å². The lowest BCUT2D eigenvalue weighted by Gasteiger charge is -2.20. The minimum absolute atomic E-state index is 0.0592. The fourth-order valence-electron chi connectivity index (χ4n) is 4.54. The van der Waals surface area contributed by atoms with Gasteiger partial charge in [0.05, 0.1) is 0 Å². The Morgan fingerprint density at radius 2 is 1.46 bits per heavy atom. The maximum absolute atomic E-state index is 13.0. The molecule has 7 nitrogen and oxygen atoms in total. The van der Waals surface area contributed by atoms with Gasteiger partial charge in [0.2, 0.25) is 5.91 Å². The van der Waals surface area contributed by atoms with Crippen molar-refractivity contribution in [2.24, 2.45) is 0 Å². The van der Waals surface area contributed by atoms with Crippen molar-refractivity contribution in [1.29, 1.82) is 0 Å². The molecule has 3 aromatic carbocycles. The molecule has 0 bridgehead atoms. The largest absolute Gasteiger partial charge is 0.481 e. The average Bonchev–Trinajstić information content (AvgIpc) is 3.16. The molecule has 180 valence electrons. The van der Waals surface area contributed by atoms with Crippen LogP contribution in [0.1, 0.15) is 41.0 Å². The first kappa shape index (κ1) is 24.0. The number of fused-ring (bicyclic) bond motifs is 3. The Morgan fingerprint density at radius 1 is 0.886 bits per heavy atom. The maximum atomic E-state index is 13.0.